The fourth-order valence-electron chi connectivity index (χ4n) is 4.51. The van der Waals surface area contributed by atoms with Crippen LogP contribution in [0.3, 0.4) is 0 Å². The number of fused-ring (bicyclic) bond motifs is 2. The van der Waals surface area contributed by atoms with Crippen LogP contribution in [0.1, 0.15) is 39.2 Å². The van der Waals surface area contributed by atoms with E-state index < -0.39 is 0 Å². The fourth-order valence-corrected chi connectivity index (χ4v) is 4.51. The maximum absolute atomic E-state index is 12.6. The number of allylic oxidation sites excluding steroid dienone is 1. The molecule has 1 aromatic carbocycles. The van der Waals surface area contributed by atoms with Crippen molar-refractivity contribution >= 4 is 11.9 Å². The molecule has 3 unspecified atom stereocenters. The van der Waals surface area contributed by atoms with E-state index in [4.69, 9.17) is 0 Å². The second kappa shape index (κ2) is 4.06. The van der Waals surface area contributed by atoms with Crippen molar-refractivity contribution in [1.82, 2.24) is 0 Å². The SMILES string of the molecule is CC1CC2CC(=O)C1(C=Cc1ccccc1)C2(C)C. The second-order valence-electron chi connectivity index (χ2n) is 6.80. The van der Waals surface area contributed by atoms with Gasteiger partial charge in [-0.1, -0.05) is 63.3 Å². The molecule has 0 aromatic heterocycles. The lowest BCUT2D eigenvalue weighted by Gasteiger charge is -2.37. The Morgan fingerprint density at radius 2 is 1.89 bits per heavy atom. The van der Waals surface area contributed by atoms with Gasteiger partial charge in [-0.2, -0.15) is 0 Å². The number of hydrogen-bond donors (Lipinski definition) is 0. The number of ketones is 1. The first kappa shape index (κ1) is 12.7. The van der Waals surface area contributed by atoms with Crippen molar-refractivity contribution in [3.8, 4) is 0 Å². The highest BCUT2D eigenvalue weighted by Gasteiger charge is 2.66. The van der Waals surface area contributed by atoms with E-state index >= 15 is 0 Å². The number of carbonyl (C=O) groups is 1. The van der Waals surface area contributed by atoms with Crippen LogP contribution in [-0.2, 0) is 4.79 Å². The van der Waals surface area contributed by atoms with Crippen LogP contribution in [0.2, 0.25) is 0 Å². The van der Waals surface area contributed by atoms with Crippen molar-refractivity contribution in [3.63, 3.8) is 0 Å². The van der Waals surface area contributed by atoms with Gasteiger partial charge in [0.2, 0.25) is 0 Å². The van der Waals surface area contributed by atoms with E-state index in [1.807, 2.05) is 18.2 Å². The standard InChI is InChI=1S/C18H22O/c1-13-11-15-12-16(19)18(13,17(15,2)3)10-9-14-7-5-4-6-8-14/h4-10,13,15H,11-12H2,1-3H3. The van der Waals surface area contributed by atoms with E-state index in [0.717, 1.165) is 6.42 Å². The third-order valence-corrected chi connectivity index (χ3v) is 5.73. The maximum atomic E-state index is 12.6. The number of hydrogen-bond acceptors (Lipinski definition) is 1. The van der Waals surface area contributed by atoms with Gasteiger partial charge in [0.25, 0.3) is 0 Å². The molecule has 1 nitrogen and oxygen atoms in total. The molecule has 2 bridgehead atoms. The Morgan fingerprint density at radius 3 is 2.47 bits per heavy atom. The second-order valence-corrected chi connectivity index (χ2v) is 6.80. The zero-order valence-corrected chi connectivity index (χ0v) is 12.0. The average Bonchev–Trinajstić information content (AvgIpc) is 2.68. The first-order valence-corrected chi connectivity index (χ1v) is 7.26. The molecule has 2 aliphatic rings. The molecule has 3 atom stereocenters. The minimum absolute atomic E-state index is 0.106. The summed E-state index contributed by atoms with van der Waals surface area (Å²) < 4.78 is 0. The van der Waals surface area contributed by atoms with Crippen LogP contribution in [0.15, 0.2) is 36.4 Å². The van der Waals surface area contributed by atoms with Crippen LogP contribution >= 0.6 is 0 Å². The molecule has 1 aromatic rings. The summed E-state index contributed by atoms with van der Waals surface area (Å²) in [7, 11) is 0. The van der Waals surface area contributed by atoms with Crippen LogP contribution in [-0.4, -0.2) is 5.78 Å². The summed E-state index contributed by atoms with van der Waals surface area (Å²) >= 11 is 0. The summed E-state index contributed by atoms with van der Waals surface area (Å²) in [5, 5.41) is 0. The van der Waals surface area contributed by atoms with Crippen molar-refractivity contribution in [2.45, 2.75) is 33.6 Å². The van der Waals surface area contributed by atoms with E-state index in [1.54, 1.807) is 0 Å². The van der Waals surface area contributed by atoms with Gasteiger partial charge in [0, 0.05) is 6.42 Å². The predicted molar refractivity (Wildman–Crippen MR) is 78.6 cm³/mol. The van der Waals surface area contributed by atoms with Gasteiger partial charge in [0.1, 0.15) is 5.78 Å². The van der Waals surface area contributed by atoms with Crippen LogP contribution in [0.25, 0.3) is 6.08 Å². The van der Waals surface area contributed by atoms with E-state index in [0.29, 0.717) is 17.6 Å². The smallest absolute Gasteiger partial charge is 0.143 e. The summed E-state index contributed by atoms with van der Waals surface area (Å²) in [6.07, 6.45) is 6.32. The Morgan fingerprint density at radius 1 is 1.21 bits per heavy atom. The zero-order chi connectivity index (χ0) is 13.7. The number of carbonyl (C=O) groups excluding carboxylic acids is 1. The van der Waals surface area contributed by atoms with E-state index in [9.17, 15) is 4.79 Å². The lowest BCUT2D eigenvalue weighted by atomic mass is 9.65. The van der Waals surface area contributed by atoms with Gasteiger partial charge in [-0.15, -0.1) is 0 Å². The molecule has 0 spiro atoms. The largest absolute Gasteiger partial charge is 0.299 e. The molecule has 0 heterocycles. The van der Waals surface area contributed by atoms with Crippen LogP contribution in [0, 0.1) is 22.7 Å². The molecule has 1 heteroatoms. The molecular formula is C18H22O. The first-order valence-electron chi connectivity index (χ1n) is 7.26. The molecular weight excluding hydrogens is 232 g/mol. The lowest BCUT2D eigenvalue weighted by Crippen LogP contribution is -2.38. The molecule has 19 heavy (non-hydrogen) atoms. The Kier molecular flexibility index (Phi) is 2.70. The molecule has 2 fully saturated rings. The van der Waals surface area contributed by atoms with Gasteiger partial charge in [0.15, 0.2) is 0 Å². The molecule has 3 rings (SSSR count). The van der Waals surface area contributed by atoms with E-state index in [1.165, 1.54) is 12.0 Å². The third-order valence-electron chi connectivity index (χ3n) is 5.73. The molecule has 0 N–H and O–H groups in total. The van der Waals surface area contributed by atoms with Crippen LogP contribution in [0.4, 0.5) is 0 Å². The molecule has 0 amide bonds. The fraction of sp³-hybridized carbons (Fsp3) is 0.500. The molecule has 0 radical (unpaired) electrons. The summed E-state index contributed by atoms with van der Waals surface area (Å²) in [6, 6.07) is 10.3. The number of rotatable bonds is 2. The Balaban J connectivity index is 2.01. The monoisotopic (exact) mass is 254 g/mol. The van der Waals surface area contributed by atoms with Crippen LogP contribution < -0.4 is 0 Å². The van der Waals surface area contributed by atoms with Crippen molar-refractivity contribution < 1.29 is 4.79 Å². The topological polar surface area (TPSA) is 17.1 Å². The highest BCUT2D eigenvalue weighted by atomic mass is 16.1. The van der Waals surface area contributed by atoms with Crippen LogP contribution in [0.5, 0.6) is 0 Å². The predicted octanol–water partition coefficient (Wildman–Crippen LogP) is 4.34. The normalized spacial score (nSPS) is 36.3. The van der Waals surface area contributed by atoms with Gasteiger partial charge in [-0.3, -0.25) is 4.79 Å². The Labute approximate surface area is 115 Å². The summed E-state index contributed by atoms with van der Waals surface area (Å²) in [5.74, 6) is 1.48. The minimum atomic E-state index is -0.243. The van der Waals surface area contributed by atoms with Gasteiger partial charge < -0.3 is 0 Å². The molecule has 0 saturated heterocycles. The quantitative estimate of drug-likeness (QED) is 0.767. The van der Waals surface area contributed by atoms with Crippen molar-refractivity contribution in [2.75, 3.05) is 0 Å². The summed E-state index contributed by atoms with van der Waals surface area (Å²) in [6.45, 7) is 6.80. The number of Topliss-reactive ketones (excluding diaryl/α,β-unsaturated/α-hetero) is 1. The molecule has 2 saturated carbocycles. The summed E-state index contributed by atoms with van der Waals surface area (Å²) in [4.78, 5) is 12.6. The zero-order valence-electron chi connectivity index (χ0n) is 12.0. The van der Waals surface area contributed by atoms with E-state index in [-0.39, 0.29) is 10.8 Å². The number of benzene rings is 1. The minimum Gasteiger partial charge on any atom is -0.299 e. The van der Waals surface area contributed by atoms with Crippen molar-refractivity contribution in [1.29, 1.82) is 0 Å². The molecule has 0 aliphatic heterocycles. The van der Waals surface area contributed by atoms with Crippen molar-refractivity contribution in [2.24, 2.45) is 22.7 Å². The Hall–Kier alpha value is -1.37. The molecule has 100 valence electrons. The summed E-state index contributed by atoms with van der Waals surface area (Å²) in [5.41, 5.74) is 1.05. The first-order chi connectivity index (χ1) is 8.98. The van der Waals surface area contributed by atoms with Crippen molar-refractivity contribution in [3.05, 3.63) is 42.0 Å². The van der Waals surface area contributed by atoms with Gasteiger partial charge in [0.05, 0.1) is 5.41 Å². The van der Waals surface area contributed by atoms with Gasteiger partial charge in [-0.25, -0.2) is 0 Å². The van der Waals surface area contributed by atoms with Gasteiger partial charge in [-0.05, 0) is 29.2 Å². The van der Waals surface area contributed by atoms with E-state index in [2.05, 4.69) is 45.1 Å². The average molecular weight is 254 g/mol. The van der Waals surface area contributed by atoms with Gasteiger partial charge >= 0.3 is 0 Å². The highest BCUT2D eigenvalue weighted by Crippen LogP contribution is 2.67. The third kappa shape index (κ3) is 1.57. The highest BCUT2D eigenvalue weighted by molar-refractivity contribution is 5.92. The Bertz CT molecular complexity index is 526. The lowest BCUT2D eigenvalue weighted by molar-refractivity contribution is -0.128. The maximum Gasteiger partial charge on any atom is 0.143 e. The molecule has 2 aliphatic carbocycles.